The van der Waals surface area contributed by atoms with Crippen molar-refractivity contribution >= 4 is 0 Å². The number of fused-ring (bicyclic) bond motifs is 3. The molecule has 0 saturated carbocycles. The van der Waals surface area contributed by atoms with Crippen molar-refractivity contribution in [2.75, 3.05) is 0 Å². The van der Waals surface area contributed by atoms with Crippen LogP contribution in [0.1, 0.15) is 37.0 Å². The lowest BCUT2D eigenvalue weighted by Crippen LogP contribution is -2.04. The molecule has 1 N–H and O–H groups in total. The van der Waals surface area contributed by atoms with Gasteiger partial charge in [0.2, 0.25) is 0 Å². The molecule has 0 aliphatic heterocycles. The summed E-state index contributed by atoms with van der Waals surface area (Å²) in [5, 5.41) is 9.60. The van der Waals surface area contributed by atoms with Crippen molar-refractivity contribution < 1.29 is 5.11 Å². The van der Waals surface area contributed by atoms with Gasteiger partial charge in [0.05, 0.1) is 0 Å². The fourth-order valence-corrected chi connectivity index (χ4v) is 2.82. The molecular formula is C20H20O. The van der Waals surface area contributed by atoms with E-state index in [-0.39, 0.29) is 0 Å². The molecular weight excluding hydrogens is 256 g/mol. The number of rotatable bonds is 1. The Hall–Kier alpha value is -2.20. The lowest BCUT2D eigenvalue weighted by Gasteiger charge is -2.20. The number of phenols is 1. The summed E-state index contributed by atoms with van der Waals surface area (Å²) in [6.45, 7) is 4.38. The highest BCUT2D eigenvalue weighted by Gasteiger charge is 2.16. The van der Waals surface area contributed by atoms with Crippen molar-refractivity contribution in [2.24, 2.45) is 5.92 Å². The average Bonchev–Trinajstić information content (AvgIpc) is 2.46. The largest absolute Gasteiger partial charge is 0.508 e. The Balaban J connectivity index is 1.94. The highest BCUT2D eigenvalue weighted by atomic mass is 16.3. The van der Waals surface area contributed by atoms with Crippen molar-refractivity contribution in [3.63, 3.8) is 0 Å². The van der Waals surface area contributed by atoms with Gasteiger partial charge in [0.25, 0.3) is 0 Å². The maximum absolute atomic E-state index is 9.60. The van der Waals surface area contributed by atoms with E-state index in [1.54, 1.807) is 6.07 Å². The van der Waals surface area contributed by atoms with Crippen LogP contribution in [-0.4, -0.2) is 5.11 Å². The summed E-state index contributed by atoms with van der Waals surface area (Å²) in [4.78, 5) is 0. The van der Waals surface area contributed by atoms with Gasteiger partial charge in [-0.3, -0.25) is 0 Å². The number of benzene rings is 2. The summed E-state index contributed by atoms with van der Waals surface area (Å²) in [6, 6.07) is 12.2. The smallest absolute Gasteiger partial charge is 0.115 e. The first-order valence-corrected chi connectivity index (χ1v) is 7.57. The summed E-state index contributed by atoms with van der Waals surface area (Å²) in [5.41, 5.74) is 6.24. The molecule has 1 nitrogen and oxygen atoms in total. The van der Waals surface area contributed by atoms with Crippen LogP contribution < -0.4 is 0 Å². The Labute approximate surface area is 126 Å². The van der Waals surface area contributed by atoms with Crippen LogP contribution in [0.25, 0.3) is 11.1 Å². The van der Waals surface area contributed by atoms with Gasteiger partial charge in [-0.15, -0.1) is 0 Å². The van der Waals surface area contributed by atoms with Crippen molar-refractivity contribution in [3.8, 4) is 28.7 Å². The minimum atomic E-state index is 0.355. The minimum absolute atomic E-state index is 0.355. The Bertz CT molecular complexity index is 729. The van der Waals surface area contributed by atoms with Crippen LogP contribution in [0.4, 0.5) is 0 Å². The molecule has 0 spiro atoms. The molecule has 0 bridgehead atoms. The number of aromatic hydroxyl groups is 1. The summed E-state index contributed by atoms with van der Waals surface area (Å²) in [6.07, 6.45) is 2.95. The standard InChI is InChI=1S/C20H20O/c1-14(2)4-3-5-15-6-10-19-16(12-15)7-8-17-13-18(21)9-11-20(17)19/h6,9-14,21H,4,7-8H2,1-2H3. The second kappa shape index (κ2) is 5.66. The van der Waals surface area contributed by atoms with Crippen LogP contribution in [0.3, 0.4) is 0 Å². The molecule has 0 aromatic heterocycles. The van der Waals surface area contributed by atoms with E-state index in [1.807, 2.05) is 12.1 Å². The lowest BCUT2D eigenvalue weighted by molar-refractivity contribution is 0.474. The number of phenolic OH excluding ortho intramolecular Hbond substituents is 1. The van der Waals surface area contributed by atoms with Gasteiger partial charge in [0, 0.05) is 12.0 Å². The molecule has 2 aromatic carbocycles. The van der Waals surface area contributed by atoms with Gasteiger partial charge >= 0.3 is 0 Å². The summed E-state index contributed by atoms with van der Waals surface area (Å²) < 4.78 is 0. The Morgan fingerprint density at radius 3 is 2.38 bits per heavy atom. The van der Waals surface area contributed by atoms with E-state index in [4.69, 9.17) is 0 Å². The Morgan fingerprint density at radius 1 is 1.00 bits per heavy atom. The first-order chi connectivity index (χ1) is 10.1. The highest BCUT2D eigenvalue weighted by molar-refractivity contribution is 5.74. The normalized spacial score (nSPS) is 12.3. The maximum atomic E-state index is 9.60. The fraction of sp³-hybridized carbons (Fsp3) is 0.300. The van der Waals surface area contributed by atoms with Gasteiger partial charge in [-0.25, -0.2) is 0 Å². The second-order valence-corrected chi connectivity index (χ2v) is 6.11. The van der Waals surface area contributed by atoms with Gasteiger partial charge in [-0.2, -0.15) is 0 Å². The third-order valence-electron chi connectivity index (χ3n) is 3.89. The van der Waals surface area contributed by atoms with Crippen LogP contribution in [0, 0.1) is 17.8 Å². The molecule has 0 saturated heterocycles. The molecule has 0 fully saturated rings. The van der Waals surface area contributed by atoms with Gasteiger partial charge in [0.15, 0.2) is 0 Å². The van der Waals surface area contributed by atoms with E-state index < -0.39 is 0 Å². The van der Waals surface area contributed by atoms with E-state index in [2.05, 4.69) is 43.9 Å². The summed E-state index contributed by atoms with van der Waals surface area (Å²) in [5.74, 6) is 7.50. The van der Waals surface area contributed by atoms with Crippen LogP contribution in [-0.2, 0) is 12.8 Å². The summed E-state index contributed by atoms with van der Waals surface area (Å²) >= 11 is 0. The Morgan fingerprint density at radius 2 is 1.67 bits per heavy atom. The molecule has 0 unspecified atom stereocenters. The van der Waals surface area contributed by atoms with Gasteiger partial charge in [-0.05, 0) is 65.3 Å². The molecule has 0 heterocycles. The van der Waals surface area contributed by atoms with Gasteiger partial charge < -0.3 is 5.11 Å². The molecule has 21 heavy (non-hydrogen) atoms. The van der Waals surface area contributed by atoms with Crippen molar-refractivity contribution in [1.82, 2.24) is 0 Å². The molecule has 1 aliphatic rings. The average molecular weight is 276 g/mol. The minimum Gasteiger partial charge on any atom is -0.508 e. The van der Waals surface area contributed by atoms with E-state index in [0.29, 0.717) is 11.7 Å². The number of hydrogen-bond donors (Lipinski definition) is 1. The highest BCUT2D eigenvalue weighted by Crippen LogP contribution is 2.35. The fourth-order valence-electron chi connectivity index (χ4n) is 2.82. The first-order valence-electron chi connectivity index (χ1n) is 7.57. The van der Waals surface area contributed by atoms with Gasteiger partial charge in [-0.1, -0.05) is 37.8 Å². The molecule has 106 valence electrons. The predicted molar refractivity (Wildman–Crippen MR) is 87.3 cm³/mol. The van der Waals surface area contributed by atoms with E-state index in [9.17, 15) is 5.11 Å². The van der Waals surface area contributed by atoms with Crippen LogP contribution >= 0.6 is 0 Å². The van der Waals surface area contributed by atoms with Gasteiger partial charge in [0.1, 0.15) is 5.75 Å². The zero-order valence-electron chi connectivity index (χ0n) is 12.6. The molecule has 0 atom stereocenters. The third kappa shape index (κ3) is 2.95. The molecule has 0 amide bonds. The summed E-state index contributed by atoms with van der Waals surface area (Å²) in [7, 11) is 0. The van der Waals surface area contributed by atoms with E-state index >= 15 is 0 Å². The maximum Gasteiger partial charge on any atom is 0.115 e. The zero-order valence-corrected chi connectivity index (χ0v) is 12.6. The van der Waals surface area contributed by atoms with Crippen LogP contribution in [0.5, 0.6) is 5.75 Å². The predicted octanol–water partition coefficient (Wildman–Crippen LogP) is 4.56. The van der Waals surface area contributed by atoms with Crippen LogP contribution in [0.2, 0.25) is 0 Å². The molecule has 0 radical (unpaired) electrons. The lowest BCUT2D eigenvalue weighted by atomic mass is 9.85. The molecule has 1 heteroatoms. The molecule has 2 aromatic rings. The second-order valence-electron chi connectivity index (χ2n) is 6.11. The SMILES string of the molecule is CC(C)CC#Cc1ccc2c(c1)CCc1cc(O)ccc1-2. The van der Waals surface area contributed by atoms with Crippen LogP contribution in [0.15, 0.2) is 36.4 Å². The first kappa shape index (κ1) is 13.8. The molecule has 1 aliphatic carbocycles. The van der Waals surface area contributed by atoms with E-state index in [1.165, 1.54) is 22.3 Å². The zero-order chi connectivity index (χ0) is 14.8. The Kier molecular flexibility index (Phi) is 3.71. The van der Waals surface area contributed by atoms with Crippen molar-refractivity contribution in [1.29, 1.82) is 0 Å². The monoisotopic (exact) mass is 276 g/mol. The number of hydrogen-bond acceptors (Lipinski definition) is 1. The quantitative estimate of drug-likeness (QED) is 0.757. The van der Waals surface area contributed by atoms with Crippen molar-refractivity contribution in [2.45, 2.75) is 33.1 Å². The topological polar surface area (TPSA) is 20.2 Å². The number of aryl methyl sites for hydroxylation is 2. The van der Waals surface area contributed by atoms with E-state index in [0.717, 1.165) is 24.8 Å². The third-order valence-corrected chi connectivity index (χ3v) is 3.89. The van der Waals surface area contributed by atoms with Crippen molar-refractivity contribution in [3.05, 3.63) is 53.1 Å². The molecule has 3 rings (SSSR count).